The van der Waals surface area contributed by atoms with Gasteiger partial charge in [-0.15, -0.1) is 0 Å². The van der Waals surface area contributed by atoms with Gasteiger partial charge in [-0.05, 0) is 170 Å². The van der Waals surface area contributed by atoms with Crippen molar-refractivity contribution in [3.05, 3.63) is 479 Å². The quantitative estimate of drug-likeness (QED) is 0.107. The highest BCUT2D eigenvalue weighted by atomic mass is 16.3. The van der Waals surface area contributed by atoms with E-state index in [4.69, 9.17) is 58.1 Å². The van der Waals surface area contributed by atoms with Crippen molar-refractivity contribution < 1.29 is 13.3 Å². The Kier molecular flexibility index (Phi) is 20.3. The molecule has 0 aliphatic carbocycles. The van der Waals surface area contributed by atoms with E-state index in [0.29, 0.717) is 52.4 Å². The Morgan fingerprint density at radius 2 is 0.371 bits per heavy atom. The Morgan fingerprint density at radius 3 is 0.783 bits per heavy atom. The fraction of sp³-hybridized carbons (Fsp3) is 0. The second kappa shape index (κ2) is 35.0. The minimum Gasteiger partial charge on any atom is -0.456 e. The number of fused-ring (bicyclic) bond motifs is 23. The van der Waals surface area contributed by atoms with E-state index in [9.17, 15) is 0 Å². The molecule has 0 radical (unpaired) electrons. The average Bonchev–Trinajstić information content (AvgIpc) is 1.55. The molecule has 0 unspecified atom stereocenters. The van der Waals surface area contributed by atoms with Crippen LogP contribution in [0.3, 0.4) is 0 Å². The van der Waals surface area contributed by atoms with Gasteiger partial charge in [0.2, 0.25) is 0 Å². The van der Waals surface area contributed by atoms with Crippen molar-refractivity contribution in [1.29, 1.82) is 0 Å². The van der Waals surface area contributed by atoms with Gasteiger partial charge >= 0.3 is 0 Å². The van der Waals surface area contributed by atoms with Crippen LogP contribution in [0.5, 0.6) is 0 Å². The highest BCUT2D eigenvalue weighted by molar-refractivity contribution is 6.30. The summed E-state index contributed by atoms with van der Waals surface area (Å²) in [4.78, 5) is 45.3. The summed E-state index contributed by atoms with van der Waals surface area (Å²) in [5.41, 5.74) is 20.5. The van der Waals surface area contributed by atoms with E-state index >= 15 is 0 Å². The van der Waals surface area contributed by atoms with E-state index in [1.807, 2.05) is 164 Å². The molecule has 12 heteroatoms. The van der Waals surface area contributed by atoms with Crippen molar-refractivity contribution in [2.75, 3.05) is 0 Å². The second-order valence-electron chi connectivity index (χ2n) is 36.1. The van der Waals surface area contributed by atoms with Crippen LogP contribution in [0.4, 0.5) is 0 Å². The normalized spacial score (nSPS) is 11.6. The minimum absolute atomic E-state index is 0.628. The lowest BCUT2D eigenvalue weighted by molar-refractivity contribution is 0.669. The van der Waals surface area contributed by atoms with Gasteiger partial charge in [0.25, 0.3) is 0 Å². The summed E-state index contributed by atoms with van der Waals surface area (Å²) in [6.07, 6.45) is 0. The number of hydrogen-bond acceptors (Lipinski definition) is 12. The molecule has 0 saturated heterocycles. The van der Waals surface area contributed by atoms with Crippen molar-refractivity contribution >= 4 is 152 Å². The molecule has 0 atom stereocenters. The van der Waals surface area contributed by atoms with Gasteiger partial charge in [-0.2, -0.15) is 0 Å². The van der Waals surface area contributed by atoms with Crippen LogP contribution >= 0.6 is 0 Å². The molecular formula is C131H79N9O3. The molecule has 0 aliphatic heterocycles. The van der Waals surface area contributed by atoms with E-state index in [2.05, 4.69) is 315 Å². The second-order valence-corrected chi connectivity index (χ2v) is 36.1. The summed E-state index contributed by atoms with van der Waals surface area (Å²) >= 11 is 0. The van der Waals surface area contributed by atoms with Crippen LogP contribution < -0.4 is 0 Å². The highest BCUT2D eigenvalue weighted by Crippen LogP contribution is 2.47. The predicted molar refractivity (Wildman–Crippen MR) is 587 cm³/mol. The smallest absolute Gasteiger partial charge is 0.164 e. The van der Waals surface area contributed by atoms with Crippen LogP contribution in [0.25, 0.3) is 288 Å². The van der Waals surface area contributed by atoms with Crippen LogP contribution in [0.15, 0.2) is 492 Å². The lowest BCUT2D eigenvalue weighted by atomic mass is 9.92. The van der Waals surface area contributed by atoms with E-state index < -0.39 is 0 Å². The van der Waals surface area contributed by atoms with Gasteiger partial charge in [0.15, 0.2) is 52.4 Å². The molecule has 0 aliphatic rings. The highest BCUT2D eigenvalue weighted by Gasteiger charge is 2.25. The zero-order valence-electron chi connectivity index (χ0n) is 76.9. The van der Waals surface area contributed by atoms with Crippen molar-refractivity contribution in [2.24, 2.45) is 0 Å². The van der Waals surface area contributed by atoms with Gasteiger partial charge in [0.1, 0.15) is 33.5 Å². The maximum absolute atomic E-state index is 6.32. The first kappa shape index (κ1) is 83.0. The van der Waals surface area contributed by atoms with Crippen molar-refractivity contribution in [1.82, 2.24) is 44.9 Å². The first-order valence-electron chi connectivity index (χ1n) is 47.9. The zero-order valence-corrected chi connectivity index (χ0v) is 76.9. The molecule has 143 heavy (non-hydrogen) atoms. The molecule has 0 amide bonds. The molecule has 0 N–H and O–H groups in total. The summed E-state index contributed by atoms with van der Waals surface area (Å²) < 4.78 is 18.8. The lowest BCUT2D eigenvalue weighted by Crippen LogP contribution is -2.01. The van der Waals surface area contributed by atoms with E-state index in [0.717, 1.165) is 160 Å². The van der Waals surface area contributed by atoms with E-state index in [1.165, 1.54) is 75.4 Å². The average molecular weight is 1830 g/mol. The lowest BCUT2D eigenvalue weighted by Gasteiger charge is -2.14. The summed E-state index contributed by atoms with van der Waals surface area (Å²) in [6.45, 7) is 0. The molecule has 0 spiro atoms. The van der Waals surface area contributed by atoms with Gasteiger partial charge in [0, 0.05) is 98.5 Å². The molecule has 6 heterocycles. The third kappa shape index (κ3) is 15.1. The monoisotopic (exact) mass is 1830 g/mol. The van der Waals surface area contributed by atoms with Crippen molar-refractivity contribution in [2.45, 2.75) is 0 Å². The molecule has 666 valence electrons. The first-order valence-corrected chi connectivity index (χ1v) is 47.9. The van der Waals surface area contributed by atoms with Crippen molar-refractivity contribution in [3.8, 4) is 136 Å². The summed E-state index contributed by atoms with van der Waals surface area (Å²) in [7, 11) is 0. The van der Waals surface area contributed by atoms with Crippen LogP contribution in [-0.4, -0.2) is 44.9 Å². The molecule has 0 fully saturated rings. The summed E-state index contributed by atoms with van der Waals surface area (Å²) in [5, 5.41) is 25.7. The number of nitrogens with zero attached hydrogens (tertiary/aromatic N) is 9. The molecule has 0 saturated carbocycles. The molecule has 23 aromatic carbocycles. The van der Waals surface area contributed by atoms with Crippen molar-refractivity contribution in [3.63, 3.8) is 0 Å². The predicted octanol–water partition coefficient (Wildman–Crippen LogP) is 34.5. The van der Waals surface area contributed by atoms with Crippen LogP contribution in [0.2, 0.25) is 0 Å². The Hall–Kier alpha value is -19.4. The van der Waals surface area contributed by atoms with Crippen LogP contribution in [0.1, 0.15) is 0 Å². The van der Waals surface area contributed by atoms with Gasteiger partial charge < -0.3 is 13.3 Å². The molecule has 6 aromatic heterocycles. The fourth-order valence-corrected chi connectivity index (χ4v) is 20.7. The Labute approximate surface area is 819 Å². The summed E-state index contributed by atoms with van der Waals surface area (Å²) in [6, 6.07) is 166. The van der Waals surface area contributed by atoms with Gasteiger partial charge in [-0.3, -0.25) is 0 Å². The Morgan fingerprint density at radius 1 is 0.112 bits per heavy atom. The number of rotatable bonds is 12. The molecule has 29 rings (SSSR count). The number of hydrogen-bond donors (Lipinski definition) is 0. The molecule has 29 aromatic rings. The number of furan rings is 3. The molecule has 0 bridgehead atoms. The number of para-hydroxylation sites is 3. The summed E-state index contributed by atoms with van der Waals surface area (Å²) in [5.74, 6) is 5.77. The van der Waals surface area contributed by atoms with E-state index in [-0.39, 0.29) is 0 Å². The number of aromatic nitrogens is 9. The van der Waals surface area contributed by atoms with Gasteiger partial charge in [-0.25, -0.2) is 44.9 Å². The first-order chi connectivity index (χ1) is 70.8. The van der Waals surface area contributed by atoms with Crippen LogP contribution in [-0.2, 0) is 0 Å². The molecular weight excluding hydrogens is 1750 g/mol. The van der Waals surface area contributed by atoms with Gasteiger partial charge in [-0.1, -0.05) is 413 Å². The topological polar surface area (TPSA) is 155 Å². The Balaban J connectivity index is 0.000000108. The number of benzene rings is 23. The van der Waals surface area contributed by atoms with Gasteiger partial charge in [0.05, 0.1) is 0 Å². The van der Waals surface area contributed by atoms with E-state index in [1.54, 1.807) is 0 Å². The fourth-order valence-electron chi connectivity index (χ4n) is 20.7. The molecule has 12 nitrogen and oxygen atoms in total. The third-order valence-corrected chi connectivity index (χ3v) is 27.5. The maximum atomic E-state index is 6.32. The zero-order chi connectivity index (χ0) is 94.4. The minimum atomic E-state index is 0.628. The Bertz CT molecular complexity index is 9940. The van der Waals surface area contributed by atoms with Crippen LogP contribution in [0, 0.1) is 0 Å². The SMILES string of the molecule is c1ccc(-c2nc(-c3ccc4ccccc4c3)nc(-c3ccc4ccccc4c3)n2)c(-c2ccc3ccc4ccc5oc6ccccc6c5c4c3c2)c1.c1ccc(-c2nc(-c3ccccc3)nc(-c3cccc(-c4cccc5c4ccc4ccc6oc7ccccc7c6c45)c3)n2)cc1.c1ccc(-c2nc(-c3ccccc3)nc(-c3ccccc3-c3ccc4ccc5ccc6oc7ccccc7c6c5c4c3)n2)cc1. The third-order valence-electron chi connectivity index (χ3n) is 27.5. The maximum Gasteiger partial charge on any atom is 0.164 e. The largest absolute Gasteiger partial charge is 0.456 e. The standard InChI is InChI=1S/C49H29N3O.2C41H25N3O/c1-3-11-34-27-37(23-17-30(34)9-1)47-50-48(38-24-18-31-10-2-4-12-35(31)28-38)52-49(51-47)40-14-6-5-13-39(40)36-22-20-32-19-21-33-25-26-44-46(45(33)42(32)29-36)41-15-7-8-16-43(41)53-44;1-3-11-27(12-4-1)39-42-40(28-13-5-2-6-14-28)44-41(43-39)30-16-9-15-29(25-30)31-18-10-19-33-32(31)23-21-26-22-24-36-38(37(26)33)34-17-7-8-20-35(34)45-36;1-3-11-28(12-4-1)39-42-40(29-13-5-2-6-14-29)44-41(43-39)32-16-8-7-15-31(32)30-22-20-26-19-21-27-23-24-36-38(37(27)34(26)25-30)33-17-9-10-18-35(33)45-36/h1-29H;2*1-25H.